The molecule has 0 spiro atoms. The summed E-state index contributed by atoms with van der Waals surface area (Å²) in [5.41, 5.74) is 2.93. The van der Waals surface area contributed by atoms with Crippen LogP contribution in [0.3, 0.4) is 0 Å². The number of aromatic amines is 1. The van der Waals surface area contributed by atoms with Gasteiger partial charge in [-0.1, -0.05) is 36.1 Å². The van der Waals surface area contributed by atoms with Crippen molar-refractivity contribution >= 4 is 5.91 Å². The Labute approximate surface area is 214 Å². The number of carbonyl (C=O) groups excluding carboxylic acids is 1. The topological polar surface area (TPSA) is 108 Å². The van der Waals surface area contributed by atoms with Crippen molar-refractivity contribution in [3.8, 4) is 17.6 Å². The van der Waals surface area contributed by atoms with Gasteiger partial charge in [0.2, 0.25) is 11.7 Å². The third-order valence-corrected chi connectivity index (χ3v) is 6.14. The number of H-pyrrole nitrogens is 1. The highest BCUT2D eigenvalue weighted by Gasteiger charge is 2.24. The van der Waals surface area contributed by atoms with Crippen molar-refractivity contribution in [3.63, 3.8) is 0 Å². The molecule has 3 aromatic rings. The number of rotatable bonds is 8. The van der Waals surface area contributed by atoms with Gasteiger partial charge in [-0.2, -0.15) is 0 Å². The number of alkyl halides is 1. The third-order valence-electron chi connectivity index (χ3n) is 6.14. The molecular formula is C28H29FN4O4. The van der Waals surface area contributed by atoms with Gasteiger partial charge in [-0.15, -0.1) is 0 Å². The largest absolute Gasteiger partial charge is 0.502 e. The molecule has 4 rings (SSSR count). The molecule has 1 aliphatic rings. The molecule has 2 heterocycles. The van der Waals surface area contributed by atoms with Gasteiger partial charge in [-0.05, 0) is 35.4 Å². The van der Waals surface area contributed by atoms with Crippen molar-refractivity contribution in [2.75, 3.05) is 39.5 Å². The Morgan fingerprint density at radius 3 is 2.41 bits per heavy atom. The fraction of sp³-hybridized carbons (Fsp3) is 0.321. The first-order valence-electron chi connectivity index (χ1n) is 12.1. The highest BCUT2D eigenvalue weighted by molar-refractivity contribution is 5.84. The number of amides is 1. The SMILES string of the molecule is O=C(NCCF)C(Cc1nc[nH]c(=O)c1O)c1ccc(C#Cc2ccc(CN3CCOCC3)cc2)cc1. The van der Waals surface area contributed by atoms with Gasteiger partial charge in [0, 0.05) is 43.7 Å². The van der Waals surface area contributed by atoms with Gasteiger partial charge in [0.05, 0.1) is 31.2 Å². The number of ether oxygens (including phenoxy) is 1. The number of benzene rings is 2. The molecule has 0 saturated carbocycles. The maximum absolute atomic E-state index is 12.7. The predicted molar refractivity (Wildman–Crippen MR) is 137 cm³/mol. The molecular weight excluding hydrogens is 475 g/mol. The molecule has 0 bridgehead atoms. The summed E-state index contributed by atoms with van der Waals surface area (Å²) in [6.07, 6.45) is 1.15. The van der Waals surface area contributed by atoms with Gasteiger partial charge in [-0.25, -0.2) is 9.37 Å². The molecule has 3 N–H and O–H groups in total. The van der Waals surface area contributed by atoms with Crippen molar-refractivity contribution < 1.29 is 19.0 Å². The zero-order valence-corrected chi connectivity index (χ0v) is 20.4. The van der Waals surface area contributed by atoms with Crippen LogP contribution in [-0.2, 0) is 22.5 Å². The second-order valence-corrected chi connectivity index (χ2v) is 8.72. The number of hydrogen-bond acceptors (Lipinski definition) is 6. The Morgan fingerprint density at radius 1 is 1.11 bits per heavy atom. The Balaban J connectivity index is 1.45. The molecule has 1 amide bonds. The molecule has 2 aromatic carbocycles. The number of nitrogens with one attached hydrogen (secondary N) is 2. The first-order valence-corrected chi connectivity index (χ1v) is 12.1. The first-order chi connectivity index (χ1) is 18.0. The summed E-state index contributed by atoms with van der Waals surface area (Å²) >= 11 is 0. The van der Waals surface area contributed by atoms with E-state index in [1.54, 1.807) is 24.3 Å². The summed E-state index contributed by atoms with van der Waals surface area (Å²) in [5.74, 6) is 4.56. The van der Waals surface area contributed by atoms with E-state index in [1.165, 1.54) is 11.9 Å². The van der Waals surface area contributed by atoms with Crippen molar-refractivity contribution in [1.29, 1.82) is 0 Å². The minimum absolute atomic E-state index is 0.0182. The highest BCUT2D eigenvalue weighted by atomic mass is 19.1. The Kier molecular flexibility index (Phi) is 9.03. The molecule has 1 aromatic heterocycles. The van der Waals surface area contributed by atoms with Gasteiger partial charge >= 0.3 is 0 Å². The number of hydrogen-bond donors (Lipinski definition) is 3. The zero-order chi connectivity index (χ0) is 26.0. The van der Waals surface area contributed by atoms with E-state index in [9.17, 15) is 19.1 Å². The quantitative estimate of drug-likeness (QED) is 0.406. The van der Waals surface area contributed by atoms with Crippen LogP contribution in [-0.4, -0.2) is 65.4 Å². The Bertz CT molecular complexity index is 1310. The van der Waals surface area contributed by atoms with Gasteiger partial charge < -0.3 is 20.1 Å². The lowest BCUT2D eigenvalue weighted by molar-refractivity contribution is -0.122. The molecule has 37 heavy (non-hydrogen) atoms. The molecule has 0 radical (unpaired) electrons. The van der Waals surface area contributed by atoms with E-state index in [4.69, 9.17) is 4.74 Å². The van der Waals surface area contributed by atoms with Crippen molar-refractivity contribution in [1.82, 2.24) is 20.2 Å². The van der Waals surface area contributed by atoms with E-state index in [2.05, 4.69) is 44.2 Å². The van der Waals surface area contributed by atoms with Gasteiger partial charge in [-0.3, -0.25) is 14.5 Å². The maximum Gasteiger partial charge on any atom is 0.293 e. The Morgan fingerprint density at radius 2 is 1.76 bits per heavy atom. The maximum atomic E-state index is 12.7. The molecule has 8 nitrogen and oxygen atoms in total. The van der Waals surface area contributed by atoms with Gasteiger partial charge in [0.1, 0.15) is 6.67 Å². The van der Waals surface area contributed by atoms with Crippen LogP contribution in [0.15, 0.2) is 59.7 Å². The molecule has 1 unspecified atom stereocenters. The number of halogens is 1. The Hall–Kier alpha value is -4.00. The number of aromatic hydroxyl groups is 1. The molecule has 1 atom stereocenters. The van der Waals surface area contributed by atoms with Gasteiger partial charge in [0.15, 0.2) is 0 Å². The van der Waals surface area contributed by atoms with Crippen LogP contribution in [0.2, 0.25) is 0 Å². The summed E-state index contributed by atoms with van der Waals surface area (Å²) in [7, 11) is 0. The molecule has 1 fully saturated rings. The molecule has 1 saturated heterocycles. The summed E-state index contributed by atoms with van der Waals surface area (Å²) < 4.78 is 18.0. The van der Waals surface area contributed by atoms with E-state index in [1.807, 2.05) is 12.1 Å². The predicted octanol–water partition coefficient (Wildman–Crippen LogP) is 2.12. The zero-order valence-electron chi connectivity index (χ0n) is 20.4. The van der Waals surface area contributed by atoms with Crippen molar-refractivity contribution in [3.05, 3.63) is 93.2 Å². The summed E-state index contributed by atoms with van der Waals surface area (Å²) in [5, 5.41) is 12.6. The highest BCUT2D eigenvalue weighted by Crippen LogP contribution is 2.23. The number of nitrogens with zero attached hydrogens (tertiary/aromatic N) is 2. The van der Waals surface area contributed by atoms with Crippen LogP contribution in [0, 0.1) is 11.8 Å². The standard InChI is InChI=1S/C28H29FN4O4/c29-11-12-30-27(35)24(17-25-26(34)28(36)32-19-31-25)23-9-7-21(8-10-23)2-1-20-3-5-22(6-4-20)18-33-13-15-37-16-14-33/h3-10,19,24,34H,11-18H2,(H,30,35)(H,31,32,36). The summed E-state index contributed by atoms with van der Waals surface area (Å²) in [6.45, 7) is 3.50. The van der Waals surface area contributed by atoms with E-state index < -0.39 is 29.8 Å². The van der Waals surface area contributed by atoms with Crippen LogP contribution in [0.25, 0.3) is 0 Å². The van der Waals surface area contributed by atoms with E-state index in [-0.39, 0.29) is 18.7 Å². The monoisotopic (exact) mass is 504 g/mol. The lowest BCUT2D eigenvalue weighted by Gasteiger charge is -2.26. The second-order valence-electron chi connectivity index (χ2n) is 8.72. The first kappa shape index (κ1) is 26.1. The lowest BCUT2D eigenvalue weighted by atomic mass is 9.92. The lowest BCUT2D eigenvalue weighted by Crippen LogP contribution is -2.35. The van der Waals surface area contributed by atoms with Gasteiger partial charge in [0.25, 0.3) is 5.56 Å². The normalized spacial score (nSPS) is 14.4. The van der Waals surface area contributed by atoms with Crippen LogP contribution in [0.5, 0.6) is 5.75 Å². The fourth-order valence-corrected chi connectivity index (χ4v) is 4.08. The summed E-state index contributed by atoms with van der Waals surface area (Å²) in [4.78, 5) is 33.1. The number of carbonyl (C=O) groups is 1. The molecule has 1 aliphatic heterocycles. The second kappa shape index (κ2) is 12.8. The third kappa shape index (κ3) is 7.26. The van der Waals surface area contributed by atoms with Crippen LogP contribution in [0.4, 0.5) is 4.39 Å². The fourth-order valence-electron chi connectivity index (χ4n) is 4.08. The average molecular weight is 505 g/mol. The molecule has 192 valence electrons. The van der Waals surface area contributed by atoms with Crippen LogP contribution >= 0.6 is 0 Å². The number of morpholine rings is 1. The van der Waals surface area contributed by atoms with Crippen LogP contribution in [0.1, 0.15) is 33.9 Å². The molecule has 9 heteroatoms. The summed E-state index contributed by atoms with van der Waals surface area (Å²) in [6, 6.07) is 15.3. The molecule has 0 aliphatic carbocycles. The van der Waals surface area contributed by atoms with E-state index >= 15 is 0 Å². The van der Waals surface area contributed by atoms with E-state index in [0.717, 1.165) is 44.0 Å². The van der Waals surface area contributed by atoms with Crippen LogP contribution < -0.4 is 10.9 Å². The average Bonchev–Trinajstić information content (AvgIpc) is 2.93. The smallest absolute Gasteiger partial charge is 0.293 e. The van der Waals surface area contributed by atoms with E-state index in [0.29, 0.717) is 5.56 Å². The minimum Gasteiger partial charge on any atom is -0.502 e. The van der Waals surface area contributed by atoms with Crippen molar-refractivity contribution in [2.45, 2.75) is 18.9 Å². The minimum atomic E-state index is -0.771. The number of aromatic nitrogens is 2. The van der Waals surface area contributed by atoms with Crippen molar-refractivity contribution in [2.24, 2.45) is 0 Å².